The van der Waals surface area contributed by atoms with Crippen molar-refractivity contribution in [3.05, 3.63) is 48.0 Å². The fraction of sp³-hybridized carbons (Fsp3) is 0.429. The number of phenolic OH excluding ortho intramolecular Hbond substituents is 1. The van der Waals surface area contributed by atoms with Crippen LogP contribution >= 0.6 is 0 Å². The minimum Gasteiger partial charge on any atom is -0.508 e. The Balaban J connectivity index is 2.06. The number of aromatic nitrogens is 2. The number of aliphatic carboxylic acids is 1. The van der Waals surface area contributed by atoms with Crippen molar-refractivity contribution >= 4 is 17.8 Å². The number of nitrogens with zero attached hydrogens (tertiary/aromatic N) is 1. The van der Waals surface area contributed by atoms with Crippen LogP contribution in [0.25, 0.3) is 0 Å². The Labute approximate surface area is 185 Å². The van der Waals surface area contributed by atoms with Crippen LogP contribution in [0.15, 0.2) is 36.8 Å². The molecule has 11 heteroatoms. The number of hydrogen-bond acceptors (Lipinski definition) is 7. The van der Waals surface area contributed by atoms with Crippen LogP contribution in [-0.4, -0.2) is 62.6 Å². The second-order valence-electron chi connectivity index (χ2n) is 7.50. The molecule has 0 saturated heterocycles. The predicted molar refractivity (Wildman–Crippen MR) is 116 cm³/mol. The third kappa shape index (κ3) is 8.00. The SMILES string of the molecule is NCCCC[C@H](NC(=O)[C@H](Cc1cnc[nH]1)NC(=O)[C@@H](N)Cc1ccc(O)cc1)C(=O)O. The van der Waals surface area contributed by atoms with E-state index in [1.807, 2.05) is 0 Å². The van der Waals surface area contributed by atoms with Crippen molar-refractivity contribution in [3.63, 3.8) is 0 Å². The molecule has 32 heavy (non-hydrogen) atoms. The van der Waals surface area contributed by atoms with Gasteiger partial charge in [0.1, 0.15) is 17.8 Å². The number of nitrogens with two attached hydrogens (primary N) is 2. The number of phenols is 1. The Hall–Kier alpha value is -3.44. The van der Waals surface area contributed by atoms with Gasteiger partial charge >= 0.3 is 5.97 Å². The fourth-order valence-electron chi connectivity index (χ4n) is 3.11. The number of hydrogen-bond donors (Lipinski definition) is 7. The lowest BCUT2D eigenvalue weighted by molar-refractivity contribution is -0.142. The topological polar surface area (TPSA) is 196 Å². The summed E-state index contributed by atoms with van der Waals surface area (Å²) in [5, 5.41) is 23.9. The summed E-state index contributed by atoms with van der Waals surface area (Å²) in [6.45, 7) is 0.428. The summed E-state index contributed by atoms with van der Waals surface area (Å²) in [5.74, 6) is -2.26. The van der Waals surface area contributed by atoms with E-state index in [4.69, 9.17) is 11.5 Å². The van der Waals surface area contributed by atoms with Crippen LogP contribution in [0.1, 0.15) is 30.5 Å². The van der Waals surface area contributed by atoms with E-state index in [-0.39, 0.29) is 25.0 Å². The maximum Gasteiger partial charge on any atom is 0.326 e. The van der Waals surface area contributed by atoms with E-state index in [0.29, 0.717) is 25.1 Å². The van der Waals surface area contributed by atoms with Crippen LogP contribution in [0.2, 0.25) is 0 Å². The lowest BCUT2D eigenvalue weighted by Crippen LogP contribution is -2.55. The van der Waals surface area contributed by atoms with Gasteiger partial charge in [-0.1, -0.05) is 12.1 Å². The Morgan fingerprint density at radius 2 is 1.72 bits per heavy atom. The van der Waals surface area contributed by atoms with Gasteiger partial charge in [-0.05, 0) is 49.9 Å². The molecular formula is C21H30N6O5. The first-order valence-electron chi connectivity index (χ1n) is 10.3. The number of imidazole rings is 1. The van der Waals surface area contributed by atoms with E-state index >= 15 is 0 Å². The van der Waals surface area contributed by atoms with Gasteiger partial charge in [-0.3, -0.25) is 9.59 Å². The maximum atomic E-state index is 12.9. The Bertz CT molecular complexity index is 871. The third-order valence-electron chi connectivity index (χ3n) is 4.90. The van der Waals surface area contributed by atoms with Gasteiger partial charge in [-0.15, -0.1) is 0 Å². The summed E-state index contributed by atoms with van der Waals surface area (Å²) in [7, 11) is 0. The zero-order chi connectivity index (χ0) is 23.5. The van der Waals surface area contributed by atoms with Crippen LogP contribution in [0, 0.1) is 0 Å². The minimum atomic E-state index is -1.16. The van der Waals surface area contributed by atoms with E-state index in [1.165, 1.54) is 24.7 Å². The molecule has 0 bridgehead atoms. The molecule has 1 aromatic heterocycles. The highest BCUT2D eigenvalue weighted by Crippen LogP contribution is 2.11. The second-order valence-corrected chi connectivity index (χ2v) is 7.50. The number of aromatic hydroxyl groups is 1. The first-order valence-corrected chi connectivity index (χ1v) is 10.3. The van der Waals surface area contributed by atoms with E-state index in [9.17, 15) is 24.6 Å². The molecular weight excluding hydrogens is 416 g/mol. The smallest absolute Gasteiger partial charge is 0.326 e. The molecule has 2 aromatic rings. The van der Waals surface area contributed by atoms with Crippen LogP contribution in [0.4, 0.5) is 0 Å². The van der Waals surface area contributed by atoms with E-state index in [1.54, 1.807) is 12.1 Å². The first-order chi connectivity index (χ1) is 15.3. The number of rotatable bonds is 13. The van der Waals surface area contributed by atoms with Crippen LogP contribution < -0.4 is 22.1 Å². The lowest BCUT2D eigenvalue weighted by atomic mass is 10.0. The number of carboxylic acid groups (broad SMARTS) is 1. The molecule has 0 saturated carbocycles. The van der Waals surface area contributed by atoms with Gasteiger partial charge in [0.25, 0.3) is 0 Å². The number of carbonyl (C=O) groups is 3. The average molecular weight is 447 g/mol. The summed E-state index contributed by atoms with van der Waals surface area (Å²) < 4.78 is 0. The molecule has 0 spiro atoms. The van der Waals surface area contributed by atoms with Crippen LogP contribution in [-0.2, 0) is 27.2 Å². The summed E-state index contributed by atoms with van der Waals surface area (Å²) >= 11 is 0. The molecule has 174 valence electrons. The molecule has 0 aliphatic heterocycles. The van der Waals surface area contributed by atoms with Crippen molar-refractivity contribution in [3.8, 4) is 5.75 Å². The van der Waals surface area contributed by atoms with E-state index in [0.717, 1.165) is 5.56 Å². The lowest BCUT2D eigenvalue weighted by Gasteiger charge is -2.22. The molecule has 0 aliphatic rings. The molecule has 9 N–H and O–H groups in total. The highest BCUT2D eigenvalue weighted by Gasteiger charge is 2.28. The van der Waals surface area contributed by atoms with Crippen LogP contribution in [0.5, 0.6) is 5.75 Å². The van der Waals surface area contributed by atoms with Gasteiger partial charge in [0.2, 0.25) is 11.8 Å². The van der Waals surface area contributed by atoms with Gasteiger partial charge < -0.3 is 37.3 Å². The average Bonchev–Trinajstić information content (AvgIpc) is 3.27. The van der Waals surface area contributed by atoms with Crippen LogP contribution in [0.3, 0.4) is 0 Å². The van der Waals surface area contributed by atoms with Crippen molar-refractivity contribution in [1.82, 2.24) is 20.6 Å². The predicted octanol–water partition coefficient (Wildman–Crippen LogP) is -0.589. The second kappa shape index (κ2) is 12.4. The number of unbranched alkanes of at least 4 members (excludes halogenated alkanes) is 1. The fourth-order valence-corrected chi connectivity index (χ4v) is 3.11. The molecule has 0 unspecified atom stereocenters. The largest absolute Gasteiger partial charge is 0.508 e. The zero-order valence-electron chi connectivity index (χ0n) is 17.7. The number of H-pyrrole nitrogens is 1. The zero-order valence-corrected chi connectivity index (χ0v) is 17.7. The summed E-state index contributed by atoms with van der Waals surface area (Å²) in [6.07, 6.45) is 4.64. The van der Waals surface area contributed by atoms with Crippen molar-refractivity contribution in [2.75, 3.05) is 6.54 Å². The Morgan fingerprint density at radius 1 is 1.03 bits per heavy atom. The van der Waals surface area contributed by atoms with E-state index < -0.39 is 35.9 Å². The van der Waals surface area contributed by atoms with E-state index in [2.05, 4.69) is 20.6 Å². The molecule has 1 aromatic carbocycles. The van der Waals surface area contributed by atoms with Crippen molar-refractivity contribution in [2.45, 2.75) is 50.2 Å². The van der Waals surface area contributed by atoms with Gasteiger partial charge in [0.15, 0.2) is 0 Å². The number of carbonyl (C=O) groups excluding carboxylic acids is 2. The quantitative estimate of drug-likeness (QED) is 0.198. The van der Waals surface area contributed by atoms with Crippen molar-refractivity contribution in [1.29, 1.82) is 0 Å². The van der Waals surface area contributed by atoms with Gasteiger partial charge in [0, 0.05) is 18.3 Å². The van der Waals surface area contributed by atoms with Gasteiger partial charge in [-0.25, -0.2) is 9.78 Å². The molecule has 2 rings (SSSR count). The maximum absolute atomic E-state index is 12.9. The number of aromatic amines is 1. The molecule has 2 amide bonds. The molecule has 3 atom stereocenters. The molecule has 0 radical (unpaired) electrons. The molecule has 0 aliphatic carbocycles. The van der Waals surface area contributed by atoms with Gasteiger partial charge in [0.05, 0.1) is 12.4 Å². The number of benzene rings is 1. The first kappa shape index (κ1) is 24.8. The number of nitrogens with one attached hydrogen (secondary N) is 3. The number of amides is 2. The molecule has 1 heterocycles. The highest BCUT2D eigenvalue weighted by molar-refractivity contribution is 5.92. The standard InChI is InChI=1S/C21H30N6O5/c22-8-2-1-3-17(21(31)32)26-20(30)18(10-14-11-24-12-25-14)27-19(29)16(23)9-13-4-6-15(28)7-5-13/h4-7,11-12,16-18,28H,1-3,8-10,22-23H2,(H,24,25)(H,26,30)(H,27,29)(H,31,32)/t16-,17-,18-/m0/s1. The molecule has 11 nitrogen and oxygen atoms in total. The third-order valence-corrected chi connectivity index (χ3v) is 4.90. The summed E-state index contributed by atoms with van der Waals surface area (Å²) in [6, 6.07) is 3.19. The number of carboxylic acids is 1. The Kier molecular flexibility index (Phi) is 9.64. The van der Waals surface area contributed by atoms with Crippen molar-refractivity contribution in [2.24, 2.45) is 11.5 Å². The minimum absolute atomic E-state index is 0.0820. The van der Waals surface area contributed by atoms with Crippen molar-refractivity contribution < 1.29 is 24.6 Å². The monoisotopic (exact) mass is 446 g/mol. The van der Waals surface area contributed by atoms with Gasteiger partial charge in [-0.2, -0.15) is 0 Å². The highest BCUT2D eigenvalue weighted by atomic mass is 16.4. The molecule has 0 fully saturated rings. The summed E-state index contributed by atoms with van der Waals surface area (Å²) in [5.41, 5.74) is 12.8. The normalized spacial score (nSPS) is 13.7. The Morgan fingerprint density at radius 3 is 2.31 bits per heavy atom. The summed E-state index contributed by atoms with van der Waals surface area (Å²) in [4.78, 5) is 43.8.